The minimum absolute atomic E-state index is 0.0107. The second-order valence-corrected chi connectivity index (χ2v) is 4.88. The smallest absolute Gasteiger partial charge is 0.360 e. The topological polar surface area (TPSA) is 79.5 Å². The summed E-state index contributed by atoms with van der Waals surface area (Å²) in [5.41, 5.74) is 0.555. The van der Waals surface area contributed by atoms with Crippen LogP contribution in [-0.2, 0) is 11.2 Å². The first-order chi connectivity index (χ1) is 10.6. The zero-order chi connectivity index (χ0) is 15.5. The maximum absolute atomic E-state index is 12.0. The highest BCUT2D eigenvalue weighted by Gasteiger charge is 2.10. The Balaban J connectivity index is 1.84. The Morgan fingerprint density at radius 2 is 1.86 bits per heavy atom. The van der Waals surface area contributed by atoms with Gasteiger partial charge in [-0.15, -0.1) is 0 Å². The summed E-state index contributed by atoms with van der Waals surface area (Å²) in [6, 6.07) is 15.2. The molecule has 0 aliphatic heterocycles. The summed E-state index contributed by atoms with van der Waals surface area (Å²) in [6.07, 6.45) is 0.174. The summed E-state index contributed by atoms with van der Waals surface area (Å²) in [6.45, 7) is 0. The van der Waals surface area contributed by atoms with E-state index in [0.717, 1.165) is 5.56 Å². The average Bonchev–Trinajstić information content (AvgIpc) is 2.49. The van der Waals surface area contributed by atoms with Crippen LogP contribution in [0, 0.1) is 0 Å². The number of hydrogen-bond acceptors (Lipinski definition) is 4. The Hall–Kier alpha value is -3.08. The molecule has 5 heteroatoms. The molecule has 1 aromatic heterocycles. The molecular weight excluding hydrogens is 282 g/mol. The van der Waals surface area contributed by atoms with Gasteiger partial charge in [0.25, 0.3) is 0 Å². The van der Waals surface area contributed by atoms with Crippen LogP contribution in [0.5, 0.6) is 5.75 Å². The van der Waals surface area contributed by atoms with Gasteiger partial charge in [-0.25, -0.2) is 4.79 Å². The fourth-order valence-electron chi connectivity index (χ4n) is 2.16. The van der Waals surface area contributed by atoms with Crippen LogP contribution in [0.2, 0.25) is 0 Å². The van der Waals surface area contributed by atoms with Crippen LogP contribution in [0.25, 0.3) is 11.0 Å². The molecule has 0 aliphatic carbocycles. The van der Waals surface area contributed by atoms with Crippen LogP contribution in [-0.4, -0.2) is 11.0 Å². The molecule has 0 saturated carbocycles. The van der Waals surface area contributed by atoms with E-state index in [1.54, 1.807) is 6.07 Å². The second-order valence-electron chi connectivity index (χ2n) is 4.88. The summed E-state index contributed by atoms with van der Waals surface area (Å²) in [7, 11) is 0. The van der Waals surface area contributed by atoms with Crippen LogP contribution in [0.1, 0.15) is 5.56 Å². The van der Waals surface area contributed by atoms with Gasteiger partial charge in [-0.3, -0.25) is 4.79 Å². The highest BCUT2D eigenvalue weighted by Crippen LogP contribution is 2.20. The van der Waals surface area contributed by atoms with Crippen molar-refractivity contribution < 1.29 is 14.3 Å². The van der Waals surface area contributed by atoms with E-state index in [2.05, 4.69) is 5.32 Å². The normalized spacial score (nSPS) is 10.5. The standard InChI is InChI=1S/C17H13NO4/c19-13-7-6-12-9-14(17(21)22-15(12)10-13)18-16(20)8-11-4-2-1-3-5-11/h1-7,9-10,19H,8H2,(H,18,20). The Morgan fingerprint density at radius 3 is 2.64 bits per heavy atom. The molecule has 0 saturated heterocycles. The Morgan fingerprint density at radius 1 is 1.09 bits per heavy atom. The molecule has 1 amide bonds. The minimum Gasteiger partial charge on any atom is -0.508 e. The predicted molar refractivity (Wildman–Crippen MR) is 82.9 cm³/mol. The molecule has 0 fully saturated rings. The van der Waals surface area contributed by atoms with Gasteiger partial charge in [0.2, 0.25) is 5.91 Å². The number of amides is 1. The van der Waals surface area contributed by atoms with E-state index in [0.29, 0.717) is 5.39 Å². The van der Waals surface area contributed by atoms with Crippen molar-refractivity contribution in [3.05, 3.63) is 70.6 Å². The Labute approximate surface area is 125 Å². The van der Waals surface area contributed by atoms with Crippen LogP contribution >= 0.6 is 0 Å². The number of phenols is 1. The minimum atomic E-state index is -0.653. The van der Waals surface area contributed by atoms with Gasteiger partial charge in [0.15, 0.2) is 0 Å². The Kier molecular flexibility index (Phi) is 3.62. The van der Waals surface area contributed by atoms with E-state index >= 15 is 0 Å². The van der Waals surface area contributed by atoms with Gasteiger partial charge in [0, 0.05) is 11.5 Å². The number of hydrogen-bond donors (Lipinski definition) is 2. The molecular formula is C17H13NO4. The van der Waals surface area contributed by atoms with Crippen molar-refractivity contribution in [2.45, 2.75) is 6.42 Å². The van der Waals surface area contributed by atoms with Gasteiger partial charge < -0.3 is 14.8 Å². The second kappa shape index (κ2) is 5.73. The number of nitrogens with one attached hydrogen (secondary N) is 1. The molecule has 0 bridgehead atoms. The molecule has 110 valence electrons. The van der Waals surface area contributed by atoms with Gasteiger partial charge in [-0.05, 0) is 23.8 Å². The van der Waals surface area contributed by atoms with Crippen molar-refractivity contribution in [1.82, 2.24) is 0 Å². The molecule has 0 radical (unpaired) electrons. The van der Waals surface area contributed by atoms with Gasteiger partial charge in [-0.1, -0.05) is 30.3 Å². The predicted octanol–water partition coefficient (Wildman–Crippen LogP) is 2.68. The van der Waals surface area contributed by atoms with Crippen molar-refractivity contribution in [3.8, 4) is 5.75 Å². The molecule has 0 unspecified atom stereocenters. The van der Waals surface area contributed by atoms with E-state index in [4.69, 9.17) is 4.42 Å². The van der Waals surface area contributed by atoms with Crippen molar-refractivity contribution in [3.63, 3.8) is 0 Å². The SMILES string of the molecule is O=C(Cc1ccccc1)Nc1cc2ccc(O)cc2oc1=O. The summed E-state index contributed by atoms with van der Waals surface area (Å²) in [4.78, 5) is 23.9. The molecule has 2 N–H and O–H groups in total. The van der Waals surface area contributed by atoms with Gasteiger partial charge in [-0.2, -0.15) is 0 Å². The zero-order valence-electron chi connectivity index (χ0n) is 11.6. The average molecular weight is 295 g/mol. The molecule has 3 rings (SSSR count). The van der Waals surface area contributed by atoms with E-state index in [9.17, 15) is 14.7 Å². The third-order valence-corrected chi connectivity index (χ3v) is 3.20. The molecule has 0 atom stereocenters. The van der Waals surface area contributed by atoms with Crippen molar-refractivity contribution in [2.75, 3.05) is 5.32 Å². The third-order valence-electron chi connectivity index (χ3n) is 3.20. The van der Waals surface area contributed by atoms with Crippen molar-refractivity contribution >= 4 is 22.6 Å². The first-order valence-electron chi connectivity index (χ1n) is 6.72. The molecule has 0 aliphatic rings. The largest absolute Gasteiger partial charge is 0.508 e. The number of anilines is 1. The lowest BCUT2D eigenvalue weighted by Crippen LogP contribution is -2.19. The fourth-order valence-corrected chi connectivity index (χ4v) is 2.16. The maximum Gasteiger partial charge on any atom is 0.360 e. The first kappa shape index (κ1) is 13.9. The van der Waals surface area contributed by atoms with E-state index in [1.807, 2.05) is 30.3 Å². The highest BCUT2D eigenvalue weighted by atomic mass is 16.4. The van der Waals surface area contributed by atoms with Crippen LogP contribution in [0.4, 0.5) is 5.69 Å². The van der Waals surface area contributed by atoms with Crippen molar-refractivity contribution in [2.24, 2.45) is 0 Å². The van der Waals surface area contributed by atoms with E-state index < -0.39 is 5.63 Å². The van der Waals surface area contributed by atoms with Gasteiger partial charge in [0.05, 0.1) is 6.42 Å². The molecule has 5 nitrogen and oxygen atoms in total. The number of phenolic OH excluding ortho intramolecular Hbond substituents is 1. The molecule has 1 heterocycles. The van der Waals surface area contributed by atoms with E-state index in [-0.39, 0.29) is 29.3 Å². The zero-order valence-corrected chi connectivity index (χ0v) is 11.6. The Bertz CT molecular complexity index is 884. The quantitative estimate of drug-likeness (QED) is 0.728. The number of aromatic hydroxyl groups is 1. The lowest BCUT2D eigenvalue weighted by atomic mass is 10.1. The fraction of sp³-hybridized carbons (Fsp3) is 0.0588. The van der Waals surface area contributed by atoms with Gasteiger partial charge in [0.1, 0.15) is 17.0 Å². The lowest BCUT2D eigenvalue weighted by molar-refractivity contribution is -0.115. The highest BCUT2D eigenvalue weighted by molar-refractivity contribution is 5.93. The number of fused-ring (bicyclic) bond motifs is 1. The molecule has 22 heavy (non-hydrogen) atoms. The van der Waals surface area contributed by atoms with E-state index in [1.165, 1.54) is 18.2 Å². The van der Waals surface area contributed by atoms with Crippen LogP contribution in [0.3, 0.4) is 0 Å². The van der Waals surface area contributed by atoms with Crippen molar-refractivity contribution in [1.29, 1.82) is 0 Å². The number of benzene rings is 2. The summed E-state index contributed by atoms with van der Waals surface area (Å²) in [5, 5.41) is 12.5. The summed E-state index contributed by atoms with van der Waals surface area (Å²) < 4.78 is 5.09. The monoisotopic (exact) mass is 295 g/mol. The molecule has 2 aromatic carbocycles. The van der Waals surface area contributed by atoms with Crippen LogP contribution in [0.15, 0.2) is 63.8 Å². The maximum atomic E-state index is 12.0. The number of carbonyl (C=O) groups excluding carboxylic acids is 1. The number of carbonyl (C=O) groups is 1. The first-order valence-corrected chi connectivity index (χ1v) is 6.72. The molecule has 0 spiro atoms. The summed E-state index contributed by atoms with van der Waals surface area (Å²) >= 11 is 0. The summed E-state index contributed by atoms with van der Waals surface area (Å²) in [5.74, 6) is -0.284. The lowest BCUT2D eigenvalue weighted by Gasteiger charge is -2.05. The number of rotatable bonds is 3. The third kappa shape index (κ3) is 2.98. The van der Waals surface area contributed by atoms with Gasteiger partial charge >= 0.3 is 5.63 Å². The van der Waals surface area contributed by atoms with Crippen LogP contribution < -0.4 is 10.9 Å². The molecule has 3 aromatic rings.